The van der Waals surface area contributed by atoms with Gasteiger partial charge in [-0.2, -0.15) is 0 Å². The summed E-state index contributed by atoms with van der Waals surface area (Å²) < 4.78 is 5.11. The predicted molar refractivity (Wildman–Crippen MR) is 108 cm³/mol. The van der Waals surface area contributed by atoms with Crippen molar-refractivity contribution in [2.24, 2.45) is 0 Å². The van der Waals surface area contributed by atoms with Gasteiger partial charge in [0.1, 0.15) is 5.52 Å². The van der Waals surface area contributed by atoms with E-state index in [1.165, 1.54) is 0 Å². The minimum Gasteiger partial charge on any atom is -0.481 e. The molecule has 0 amide bonds. The molecule has 28 heavy (non-hydrogen) atoms. The molecule has 6 heteroatoms. The lowest BCUT2D eigenvalue weighted by Gasteiger charge is -2.12. The maximum Gasteiger partial charge on any atom is 0.212 e. The molecule has 6 nitrogen and oxygen atoms in total. The number of aldehydes is 1. The van der Waals surface area contributed by atoms with Crippen LogP contribution in [0.3, 0.4) is 0 Å². The van der Waals surface area contributed by atoms with E-state index >= 15 is 0 Å². The Labute approximate surface area is 162 Å². The summed E-state index contributed by atoms with van der Waals surface area (Å²) in [4.78, 5) is 24.9. The standard InChI is InChI=1S/C22H18N4O2/c1-28-20-10-7-16(12-24-20)18-8-9-19-22(26-18)21(17(14-27)13-23-19)25-11-15-5-3-2-4-6-15/h2-10,12-14H,11H2,1H3,(H,23,25). The van der Waals surface area contributed by atoms with Crippen LogP contribution < -0.4 is 10.1 Å². The number of carbonyl (C=O) groups excluding carboxylic acids is 1. The maximum absolute atomic E-state index is 11.6. The molecule has 0 spiro atoms. The van der Waals surface area contributed by atoms with Gasteiger partial charge in [-0.05, 0) is 23.8 Å². The molecule has 4 aromatic rings. The minimum atomic E-state index is 0.473. The van der Waals surface area contributed by atoms with Crippen molar-refractivity contribution in [1.29, 1.82) is 0 Å². The SMILES string of the molecule is COc1ccc(-c2ccc3ncc(C=O)c(NCc4ccccc4)c3n2)cn1. The van der Waals surface area contributed by atoms with Gasteiger partial charge in [-0.3, -0.25) is 9.78 Å². The second-order valence-corrected chi connectivity index (χ2v) is 6.20. The monoisotopic (exact) mass is 370 g/mol. The van der Waals surface area contributed by atoms with Crippen LogP contribution in [0, 0.1) is 0 Å². The summed E-state index contributed by atoms with van der Waals surface area (Å²) >= 11 is 0. The number of aromatic nitrogens is 3. The van der Waals surface area contributed by atoms with Gasteiger partial charge in [-0.25, -0.2) is 9.97 Å². The van der Waals surface area contributed by atoms with E-state index in [4.69, 9.17) is 9.72 Å². The first kappa shape index (κ1) is 17.6. The van der Waals surface area contributed by atoms with E-state index in [9.17, 15) is 4.79 Å². The number of pyridine rings is 3. The summed E-state index contributed by atoms with van der Waals surface area (Å²) in [6.45, 7) is 0.580. The number of hydrogen-bond donors (Lipinski definition) is 1. The lowest BCUT2D eigenvalue weighted by atomic mass is 10.1. The van der Waals surface area contributed by atoms with E-state index in [2.05, 4.69) is 15.3 Å². The normalized spacial score (nSPS) is 10.6. The van der Waals surface area contributed by atoms with Gasteiger partial charge in [-0.1, -0.05) is 30.3 Å². The third-order valence-corrected chi connectivity index (χ3v) is 4.42. The van der Waals surface area contributed by atoms with Crippen molar-refractivity contribution in [2.45, 2.75) is 6.54 Å². The highest BCUT2D eigenvalue weighted by Crippen LogP contribution is 2.27. The fourth-order valence-electron chi connectivity index (χ4n) is 2.96. The first-order chi connectivity index (χ1) is 13.8. The van der Waals surface area contributed by atoms with Crippen LogP contribution in [0.1, 0.15) is 15.9 Å². The average molecular weight is 370 g/mol. The number of carbonyl (C=O) groups is 1. The van der Waals surface area contributed by atoms with Crippen molar-refractivity contribution in [1.82, 2.24) is 15.0 Å². The lowest BCUT2D eigenvalue weighted by molar-refractivity contribution is 0.112. The number of methoxy groups -OCH3 is 1. The molecule has 0 aliphatic rings. The van der Waals surface area contributed by atoms with E-state index in [1.54, 1.807) is 25.6 Å². The number of ether oxygens (including phenoxy) is 1. The third kappa shape index (κ3) is 3.53. The molecule has 0 saturated heterocycles. The van der Waals surface area contributed by atoms with Gasteiger partial charge in [0.15, 0.2) is 6.29 Å². The van der Waals surface area contributed by atoms with Crippen molar-refractivity contribution < 1.29 is 9.53 Å². The second kappa shape index (κ2) is 7.84. The molecule has 0 aliphatic carbocycles. The zero-order chi connectivity index (χ0) is 19.3. The first-order valence-electron chi connectivity index (χ1n) is 8.81. The molecule has 4 rings (SSSR count). The van der Waals surface area contributed by atoms with Crippen LogP contribution in [0.25, 0.3) is 22.3 Å². The zero-order valence-electron chi connectivity index (χ0n) is 15.3. The summed E-state index contributed by atoms with van der Waals surface area (Å²) in [6, 6.07) is 17.5. The fourth-order valence-corrected chi connectivity index (χ4v) is 2.96. The van der Waals surface area contributed by atoms with Crippen molar-refractivity contribution in [2.75, 3.05) is 12.4 Å². The van der Waals surface area contributed by atoms with E-state index in [0.29, 0.717) is 34.7 Å². The summed E-state index contributed by atoms with van der Waals surface area (Å²) in [5.74, 6) is 0.541. The molecule has 0 fully saturated rings. The number of fused-ring (bicyclic) bond motifs is 1. The lowest BCUT2D eigenvalue weighted by Crippen LogP contribution is -2.05. The number of anilines is 1. The van der Waals surface area contributed by atoms with Crippen LogP contribution in [-0.4, -0.2) is 28.3 Å². The third-order valence-electron chi connectivity index (χ3n) is 4.42. The molecule has 138 valence electrons. The predicted octanol–water partition coefficient (Wildman–Crippen LogP) is 4.13. The molecular formula is C22H18N4O2. The van der Waals surface area contributed by atoms with Crippen LogP contribution in [-0.2, 0) is 6.54 Å². The Morgan fingerprint density at radius 3 is 2.57 bits per heavy atom. The summed E-state index contributed by atoms with van der Waals surface area (Å²) in [6.07, 6.45) is 4.07. The molecule has 0 radical (unpaired) electrons. The smallest absolute Gasteiger partial charge is 0.212 e. The van der Waals surface area contributed by atoms with Crippen LogP contribution in [0.4, 0.5) is 5.69 Å². The van der Waals surface area contributed by atoms with Crippen LogP contribution >= 0.6 is 0 Å². The van der Waals surface area contributed by atoms with Crippen molar-refractivity contribution >= 4 is 23.0 Å². The Morgan fingerprint density at radius 1 is 1.00 bits per heavy atom. The van der Waals surface area contributed by atoms with Gasteiger partial charge in [0.2, 0.25) is 5.88 Å². The minimum absolute atomic E-state index is 0.473. The molecule has 0 aliphatic heterocycles. The molecule has 0 bridgehead atoms. The van der Waals surface area contributed by atoms with Gasteiger partial charge in [0.25, 0.3) is 0 Å². The molecular weight excluding hydrogens is 352 g/mol. The van der Waals surface area contributed by atoms with E-state index in [-0.39, 0.29) is 0 Å². The molecule has 1 N–H and O–H groups in total. The Kier molecular flexibility index (Phi) is 4.93. The van der Waals surface area contributed by atoms with Gasteiger partial charge < -0.3 is 10.1 Å². The highest BCUT2D eigenvalue weighted by Gasteiger charge is 2.12. The quantitative estimate of drug-likeness (QED) is 0.514. The van der Waals surface area contributed by atoms with Gasteiger partial charge in [0.05, 0.1) is 29.6 Å². The summed E-state index contributed by atoms with van der Waals surface area (Å²) in [7, 11) is 1.58. The molecule has 3 heterocycles. The van der Waals surface area contributed by atoms with Crippen LogP contribution in [0.15, 0.2) is 67.0 Å². The van der Waals surface area contributed by atoms with Gasteiger partial charge in [0, 0.05) is 30.6 Å². The fraction of sp³-hybridized carbons (Fsp3) is 0.0909. The van der Waals surface area contributed by atoms with Crippen molar-refractivity contribution in [3.8, 4) is 17.1 Å². The van der Waals surface area contributed by atoms with Crippen LogP contribution in [0.2, 0.25) is 0 Å². The van der Waals surface area contributed by atoms with Crippen molar-refractivity contribution in [3.63, 3.8) is 0 Å². The van der Waals surface area contributed by atoms with Gasteiger partial charge >= 0.3 is 0 Å². The topological polar surface area (TPSA) is 77.0 Å². The summed E-state index contributed by atoms with van der Waals surface area (Å²) in [5.41, 5.74) is 5.22. The number of rotatable bonds is 6. The Balaban J connectivity index is 1.76. The van der Waals surface area contributed by atoms with Gasteiger partial charge in [-0.15, -0.1) is 0 Å². The van der Waals surface area contributed by atoms with E-state index < -0.39 is 0 Å². The van der Waals surface area contributed by atoms with E-state index in [0.717, 1.165) is 23.1 Å². The number of benzene rings is 1. The zero-order valence-corrected chi connectivity index (χ0v) is 15.3. The van der Waals surface area contributed by atoms with Crippen molar-refractivity contribution in [3.05, 3.63) is 78.1 Å². The molecule has 0 atom stereocenters. The first-order valence-corrected chi connectivity index (χ1v) is 8.81. The molecule has 3 aromatic heterocycles. The largest absolute Gasteiger partial charge is 0.481 e. The number of nitrogens with zero attached hydrogens (tertiary/aromatic N) is 3. The Morgan fingerprint density at radius 2 is 1.86 bits per heavy atom. The van der Waals surface area contributed by atoms with Crippen LogP contribution in [0.5, 0.6) is 5.88 Å². The Hall–Kier alpha value is -3.80. The highest BCUT2D eigenvalue weighted by atomic mass is 16.5. The summed E-state index contributed by atoms with van der Waals surface area (Å²) in [5, 5.41) is 3.35. The number of hydrogen-bond acceptors (Lipinski definition) is 6. The highest BCUT2D eigenvalue weighted by molar-refractivity contribution is 5.98. The molecule has 0 saturated carbocycles. The number of nitrogens with one attached hydrogen (secondary N) is 1. The second-order valence-electron chi connectivity index (χ2n) is 6.20. The maximum atomic E-state index is 11.6. The average Bonchev–Trinajstić information content (AvgIpc) is 2.77. The van der Waals surface area contributed by atoms with E-state index in [1.807, 2.05) is 48.5 Å². The Bertz CT molecular complexity index is 1110. The molecule has 1 aromatic carbocycles. The molecule has 0 unspecified atom stereocenters.